The molecule has 1 amide bonds. The normalized spacial score (nSPS) is 11.9. The highest BCUT2D eigenvalue weighted by atomic mass is 35.5. The number of sulfone groups is 1. The molecule has 0 saturated carbocycles. The molecule has 0 aliphatic rings. The first kappa shape index (κ1) is 24.9. The van der Waals surface area contributed by atoms with E-state index < -0.39 is 9.84 Å². The Labute approximate surface area is 202 Å². The topological polar surface area (TPSA) is 70.6 Å². The first-order valence-corrected chi connectivity index (χ1v) is 13.3. The van der Waals surface area contributed by atoms with E-state index in [1.807, 2.05) is 38.1 Å². The first-order valence-electron chi connectivity index (χ1n) is 10.1. The van der Waals surface area contributed by atoms with E-state index >= 15 is 0 Å². The van der Waals surface area contributed by atoms with E-state index in [-0.39, 0.29) is 29.4 Å². The van der Waals surface area contributed by atoms with Crippen LogP contribution in [0.3, 0.4) is 0 Å². The van der Waals surface area contributed by atoms with E-state index in [1.54, 1.807) is 17.0 Å². The molecular formula is C22H25Cl2N3O3S2. The monoisotopic (exact) mass is 513 g/mol. The zero-order chi connectivity index (χ0) is 23.5. The quantitative estimate of drug-likeness (QED) is 0.399. The van der Waals surface area contributed by atoms with Crippen LogP contribution in [0, 0.1) is 6.92 Å². The van der Waals surface area contributed by atoms with Crippen LogP contribution in [0.4, 0.5) is 5.13 Å². The van der Waals surface area contributed by atoms with Gasteiger partial charge in [-0.25, -0.2) is 13.4 Å². The minimum Gasteiger partial charge on any atom is -0.308 e. The number of aromatic nitrogens is 1. The summed E-state index contributed by atoms with van der Waals surface area (Å²) in [6.45, 7) is 3.06. The molecule has 0 atom stereocenters. The number of benzene rings is 2. The van der Waals surface area contributed by atoms with Gasteiger partial charge in [-0.05, 0) is 63.3 Å². The van der Waals surface area contributed by atoms with Gasteiger partial charge in [0.15, 0.2) is 15.0 Å². The van der Waals surface area contributed by atoms with Crippen molar-refractivity contribution in [1.29, 1.82) is 0 Å². The molecule has 0 radical (unpaired) electrons. The molecule has 6 nitrogen and oxygen atoms in total. The van der Waals surface area contributed by atoms with E-state index in [2.05, 4.69) is 4.98 Å². The predicted octanol–water partition coefficient (Wildman–Crippen LogP) is 5.06. The molecule has 1 aromatic heterocycles. The van der Waals surface area contributed by atoms with Crippen molar-refractivity contribution in [2.24, 2.45) is 0 Å². The smallest absolute Gasteiger partial charge is 0.228 e. The average molecular weight is 515 g/mol. The van der Waals surface area contributed by atoms with Crippen molar-refractivity contribution in [2.75, 3.05) is 37.8 Å². The number of carbonyl (C=O) groups is 1. The third kappa shape index (κ3) is 5.99. The molecule has 0 saturated heterocycles. The SMILES string of the molecule is Cc1ccc(Cl)c2sc(N(CCN(C)C)C(=O)CCCS(=O)(=O)c3ccc(Cl)cc3)nc12. The van der Waals surface area contributed by atoms with Crippen molar-refractivity contribution in [3.8, 4) is 0 Å². The molecule has 0 aliphatic carbocycles. The minimum absolute atomic E-state index is 0.100. The Morgan fingerprint density at radius 1 is 1.06 bits per heavy atom. The molecule has 32 heavy (non-hydrogen) atoms. The number of fused-ring (bicyclic) bond motifs is 1. The maximum absolute atomic E-state index is 13.1. The lowest BCUT2D eigenvalue weighted by atomic mass is 10.2. The Bertz CT molecular complexity index is 1170. The van der Waals surface area contributed by atoms with Gasteiger partial charge in [-0.3, -0.25) is 9.69 Å². The summed E-state index contributed by atoms with van der Waals surface area (Å²) in [7, 11) is 0.374. The van der Waals surface area contributed by atoms with Crippen LogP contribution in [-0.2, 0) is 14.6 Å². The number of nitrogens with zero attached hydrogens (tertiary/aromatic N) is 3. The number of thiazole rings is 1. The number of aryl methyl sites for hydroxylation is 1. The molecule has 3 rings (SSSR count). The second-order valence-corrected chi connectivity index (χ2v) is 11.7. The predicted molar refractivity (Wildman–Crippen MR) is 133 cm³/mol. The number of halogens is 2. The third-order valence-corrected chi connectivity index (χ3v) is 8.57. The Morgan fingerprint density at radius 2 is 1.75 bits per heavy atom. The Balaban J connectivity index is 1.76. The number of likely N-dealkylation sites (N-methyl/N-ethyl adjacent to an activating group) is 1. The molecule has 0 aliphatic heterocycles. The van der Waals surface area contributed by atoms with Crippen molar-refractivity contribution in [3.05, 3.63) is 52.0 Å². The van der Waals surface area contributed by atoms with Gasteiger partial charge in [0.05, 0.1) is 25.9 Å². The van der Waals surface area contributed by atoms with Gasteiger partial charge in [-0.2, -0.15) is 0 Å². The summed E-state index contributed by atoms with van der Waals surface area (Å²) in [6, 6.07) is 9.79. The average Bonchev–Trinajstić information content (AvgIpc) is 3.17. The van der Waals surface area contributed by atoms with Gasteiger partial charge in [0, 0.05) is 24.5 Å². The van der Waals surface area contributed by atoms with Crippen molar-refractivity contribution >= 4 is 65.6 Å². The molecule has 172 valence electrons. The Hall–Kier alpha value is -1.71. The van der Waals surface area contributed by atoms with Crippen LogP contribution >= 0.6 is 34.5 Å². The van der Waals surface area contributed by atoms with Gasteiger partial charge in [0.1, 0.15) is 0 Å². The second kappa shape index (κ2) is 10.5. The van der Waals surface area contributed by atoms with Crippen LogP contribution in [0.25, 0.3) is 10.2 Å². The van der Waals surface area contributed by atoms with Gasteiger partial charge < -0.3 is 4.90 Å². The third-order valence-electron chi connectivity index (χ3n) is 4.97. The number of rotatable bonds is 9. The van der Waals surface area contributed by atoms with Crippen molar-refractivity contribution in [2.45, 2.75) is 24.7 Å². The highest BCUT2D eigenvalue weighted by Crippen LogP contribution is 2.35. The van der Waals surface area contributed by atoms with Crippen LogP contribution in [-0.4, -0.2) is 57.1 Å². The number of hydrogen-bond donors (Lipinski definition) is 0. The van der Waals surface area contributed by atoms with E-state index in [0.29, 0.717) is 28.3 Å². The Kier molecular flexibility index (Phi) is 8.16. The summed E-state index contributed by atoms with van der Waals surface area (Å²) in [5, 5.41) is 1.65. The molecule has 0 N–H and O–H groups in total. The summed E-state index contributed by atoms with van der Waals surface area (Å²) in [4.78, 5) is 21.6. The fourth-order valence-corrected chi connectivity index (χ4v) is 5.94. The summed E-state index contributed by atoms with van der Waals surface area (Å²) in [6.07, 6.45) is 0.315. The zero-order valence-electron chi connectivity index (χ0n) is 18.1. The zero-order valence-corrected chi connectivity index (χ0v) is 21.3. The van der Waals surface area contributed by atoms with E-state index in [4.69, 9.17) is 23.2 Å². The molecule has 10 heteroatoms. The van der Waals surface area contributed by atoms with Gasteiger partial charge in [0.2, 0.25) is 5.91 Å². The van der Waals surface area contributed by atoms with Crippen molar-refractivity contribution in [3.63, 3.8) is 0 Å². The molecule has 0 unspecified atom stereocenters. The van der Waals surface area contributed by atoms with Crippen LogP contribution in [0.1, 0.15) is 18.4 Å². The molecule has 0 spiro atoms. The number of amides is 1. The molecular weight excluding hydrogens is 489 g/mol. The van der Waals surface area contributed by atoms with Gasteiger partial charge in [-0.1, -0.05) is 40.6 Å². The van der Waals surface area contributed by atoms with Crippen LogP contribution in [0.15, 0.2) is 41.3 Å². The molecule has 1 heterocycles. The molecule has 3 aromatic rings. The molecule has 2 aromatic carbocycles. The summed E-state index contributed by atoms with van der Waals surface area (Å²) in [5.41, 5.74) is 1.77. The lowest BCUT2D eigenvalue weighted by molar-refractivity contribution is -0.118. The van der Waals surface area contributed by atoms with Crippen molar-refractivity contribution in [1.82, 2.24) is 9.88 Å². The van der Waals surface area contributed by atoms with Crippen molar-refractivity contribution < 1.29 is 13.2 Å². The standard InChI is InChI=1S/C22H25Cl2N3O3S2/c1-15-6-11-18(24)21-20(15)25-22(31-21)27(13-12-26(2)3)19(28)5-4-14-32(29,30)17-9-7-16(23)8-10-17/h6-11H,4-5,12-14H2,1-3H3. The molecule has 0 fully saturated rings. The minimum atomic E-state index is -3.49. The lowest BCUT2D eigenvalue weighted by Crippen LogP contribution is -2.36. The summed E-state index contributed by atoms with van der Waals surface area (Å²) >= 11 is 13.6. The highest BCUT2D eigenvalue weighted by Gasteiger charge is 2.22. The second-order valence-electron chi connectivity index (χ2n) is 7.76. The number of anilines is 1. The summed E-state index contributed by atoms with van der Waals surface area (Å²) in [5.74, 6) is -0.280. The number of carbonyl (C=O) groups excluding carboxylic acids is 1. The fourth-order valence-electron chi connectivity index (χ4n) is 3.14. The molecule has 0 bridgehead atoms. The van der Waals surface area contributed by atoms with Gasteiger partial charge in [-0.15, -0.1) is 0 Å². The fraction of sp³-hybridized carbons (Fsp3) is 0.364. The summed E-state index contributed by atoms with van der Waals surface area (Å²) < 4.78 is 26.0. The van der Waals surface area contributed by atoms with Crippen LogP contribution in [0.2, 0.25) is 10.0 Å². The maximum atomic E-state index is 13.1. The largest absolute Gasteiger partial charge is 0.308 e. The van der Waals surface area contributed by atoms with Gasteiger partial charge >= 0.3 is 0 Å². The van der Waals surface area contributed by atoms with Crippen LogP contribution < -0.4 is 4.90 Å². The van der Waals surface area contributed by atoms with E-state index in [0.717, 1.165) is 15.8 Å². The van der Waals surface area contributed by atoms with Crippen LogP contribution in [0.5, 0.6) is 0 Å². The lowest BCUT2D eigenvalue weighted by Gasteiger charge is -2.22. The Morgan fingerprint density at radius 3 is 2.38 bits per heavy atom. The highest BCUT2D eigenvalue weighted by molar-refractivity contribution is 7.91. The van der Waals surface area contributed by atoms with Gasteiger partial charge in [0.25, 0.3) is 0 Å². The number of hydrogen-bond acceptors (Lipinski definition) is 6. The van der Waals surface area contributed by atoms with E-state index in [1.165, 1.54) is 23.5 Å². The maximum Gasteiger partial charge on any atom is 0.228 e. The van der Waals surface area contributed by atoms with E-state index in [9.17, 15) is 13.2 Å². The first-order chi connectivity index (χ1) is 15.1.